The number of hydrogen-bond acceptors (Lipinski definition) is 7. The molecule has 0 spiro atoms. The van der Waals surface area contributed by atoms with E-state index in [2.05, 4.69) is 0 Å². The number of esters is 2. The van der Waals surface area contributed by atoms with Gasteiger partial charge in [-0.05, 0) is 42.5 Å². The zero-order chi connectivity index (χ0) is 21.0. The largest absolute Gasteiger partial charge is 0.497 e. The van der Waals surface area contributed by atoms with Crippen LogP contribution >= 0.6 is 11.8 Å². The van der Waals surface area contributed by atoms with Gasteiger partial charge in [0.2, 0.25) is 0 Å². The molecule has 7 heteroatoms. The molecule has 0 fully saturated rings. The van der Waals surface area contributed by atoms with Crippen molar-refractivity contribution in [3.8, 4) is 22.8 Å². The van der Waals surface area contributed by atoms with Crippen LogP contribution in [0.25, 0.3) is 22.3 Å². The highest BCUT2D eigenvalue weighted by molar-refractivity contribution is 7.99. The van der Waals surface area contributed by atoms with Crippen LogP contribution in [-0.2, 0) is 20.7 Å². The maximum Gasteiger partial charge on any atom is 0.308 e. The van der Waals surface area contributed by atoms with Gasteiger partial charge in [-0.15, -0.1) is 11.8 Å². The van der Waals surface area contributed by atoms with Gasteiger partial charge in [0, 0.05) is 24.8 Å². The summed E-state index contributed by atoms with van der Waals surface area (Å²) < 4.78 is 21.5. The van der Waals surface area contributed by atoms with Crippen molar-refractivity contribution in [2.45, 2.75) is 24.7 Å². The monoisotopic (exact) mass is 414 g/mol. The van der Waals surface area contributed by atoms with E-state index in [1.54, 1.807) is 31.0 Å². The first-order valence-electron chi connectivity index (χ1n) is 9.00. The summed E-state index contributed by atoms with van der Waals surface area (Å²) in [6.45, 7) is 1.35. The number of benzene rings is 2. The van der Waals surface area contributed by atoms with E-state index in [4.69, 9.17) is 18.6 Å². The molecule has 0 aliphatic carbocycles. The van der Waals surface area contributed by atoms with E-state index < -0.39 is 5.97 Å². The molecular formula is C22H22O6S. The van der Waals surface area contributed by atoms with Crippen LogP contribution in [-0.4, -0.2) is 32.4 Å². The smallest absolute Gasteiger partial charge is 0.308 e. The topological polar surface area (TPSA) is 75.0 Å². The predicted molar refractivity (Wildman–Crippen MR) is 112 cm³/mol. The Morgan fingerprint density at radius 3 is 2.55 bits per heavy atom. The van der Waals surface area contributed by atoms with Gasteiger partial charge in [-0.3, -0.25) is 9.59 Å². The number of hydrogen-bond donors (Lipinski definition) is 0. The second kappa shape index (κ2) is 9.05. The number of aryl methyl sites for hydroxylation is 1. The van der Waals surface area contributed by atoms with Crippen molar-refractivity contribution in [2.24, 2.45) is 0 Å². The van der Waals surface area contributed by atoms with Crippen molar-refractivity contribution in [3.05, 3.63) is 42.0 Å². The molecular weight excluding hydrogens is 392 g/mol. The molecule has 0 aliphatic heterocycles. The van der Waals surface area contributed by atoms with Gasteiger partial charge in [0.05, 0.1) is 24.7 Å². The molecule has 0 radical (unpaired) electrons. The van der Waals surface area contributed by atoms with Crippen LogP contribution in [0, 0.1) is 0 Å². The molecule has 0 N–H and O–H groups in total. The number of fused-ring (bicyclic) bond motifs is 1. The Bertz CT molecular complexity index is 1050. The summed E-state index contributed by atoms with van der Waals surface area (Å²) >= 11 is 1.54. The highest BCUT2D eigenvalue weighted by Crippen LogP contribution is 2.44. The molecule has 0 amide bonds. The lowest BCUT2D eigenvalue weighted by Gasteiger charge is -2.10. The minimum atomic E-state index is -0.425. The van der Waals surface area contributed by atoms with Gasteiger partial charge in [0.1, 0.15) is 17.1 Å². The summed E-state index contributed by atoms with van der Waals surface area (Å²) in [5.41, 5.74) is 2.40. The molecule has 152 valence electrons. The van der Waals surface area contributed by atoms with Crippen molar-refractivity contribution in [1.82, 2.24) is 0 Å². The summed E-state index contributed by atoms with van der Waals surface area (Å²) in [5.74, 6) is 0.907. The highest BCUT2D eigenvalue weighted by Gasteiger charge is 2.20. The normalized spacial score (nSPS) is 10.8. The van der Waals surface area contributed by atoms with Crippen molar-refractivity contribution in [3.63, 3.8) is 0 Å². The SMILES string of the molecule is COC(=O)CCc1ccc2oc(-c3ccc(OC)cc3OC(C)=O)c(SC)c2c1. The molecule has 1 heterocycles. The molecule has 0 bridgehead atoms. The van der Waals surface area contributed by atoms with E-state index in [1.807, 2.05) is 30.5 Å². The molecule has 0 saturated carbocycles. The Morgan fingerprint density at radius 1 is 1.10 bits per heavy atom. The number of thioether (sulfide) groups is 1. The van der Waals surface area contributed by atoms with Crippen LogP contribution in [0.5, 0.6) is 11.5 Å². The van der Waals surface area contributed by atoms with Crippen LogP contribution in [0.1, 0.15) is 18.9 Å². The lowest BCUT2D eigenvalue weighted by atomic mass is 10.1. The third-order valence-corrected chi connectivity index (χ3v) is 5.26. The molecule has 0 unspecified atom stereocenters. The minimum Gasteiger partial charge on any atom is -0.497 e. The first kappa shape index (κ1) is 20.8. The van der Waals surface area contributed by atoms with Crippen LogP contribution in [0.3, 0.4) is 0 Å². The average molecular weight is 414 g/mol. The maximum atomic E-state index is 11.6. The third kappa shape index (κ3) is 4.56. The molecule has 1 aromatic heterocycles. The number of rotatable bonds is 7. The van der Waals surface area contributed by atoms with Gasteiger partial charge in [-0.1, -0.05) is 6.07 Å². The highest BCUT2D eigenvalue weighted by atomic mass is 32.2. The average Bonchev–Trinajstić information content (AvgIpc) is 3.08. The van der Waals surface area contributed by atoms with Gasteiger partial charge < -0.3 is 18.6 Å². The molecule has 2 aromatic carbocycles. The summed E-state index contributed by atoms with van der Waals surface area (Å²) in [6.07, 6.45) is 2.86. The minimum absolute atomic E-state index is 0.243. The Labute approximate surface area is 173 Å². The molecule has 3 rings (SSSR count). The van der Waals surface area contributed by atoms with E-state index in [0.29, 0.717) is 35.7 Å². The summed E-state index contributed by atoms with van der Waals surface area (Å²) in [7, 11) is 2.94. The Morgan fingerprint density at radius 2 is 1.90 bits per heavy atom. The zero-order valence-corrected chi connectivity index (χ0v) is 17.6. The van der Waals surface area contributed by atoms with E-state index in [0.717, 1.165) is 21.4 Å². The Hall–Kier alpha value is -2.93. The maximum absolute atomic E-state index is 11.6. The Balaban J connectivity index is 2.08. The quantitative estimate of drug-likeness (QED) is 0.310. The van der Waals surface area contributed by atoms with Gasteiger partial charge in [-0.2, -0.15) is 0 Å². The van der Waals surface area contributed by atoms with Crippen molar-refractivity contribution in [2.75, 3.05) is 20.5 Å². The fourth-order valence-electron chi connectivity index (χ4n) is 3.06. The Kier molecular flexibility index (Phi) is 6.49. The lowest BCUT2D eigenvalue weighted by molar-refractivity contribution is -0.140. The van der Waals surface area contributed by atoms with E-state index >= 15 is 0 Å². The molecule has 0 atom stereocenters. The fourth-order valence-corrected chi connectivity index (χ4v) is 3.78. The van der Waals surface area contributed by atoms with Crippen molar-refractivity contribution >= 4 is 34.7 Å². The predicted octanol–water partition coefficient (Wildman–Crippen LogP) is 4.86. The standard InChI is InChI=1S/C22H22O6S/c1-13(23)27-19-12-15(25-2)7-8-16(19)21-22(29-4)17-11-14(5-9-18(17)28-21)6-10-20(24)26-3/h5,7-9,11-12H,6,10H2,1-4H3. The molecule has 29 heavy (non-hydrogen) atoms. The van der Waals surface area contributed by atoms with Crippen molar-refractivity contribution in [1.29, 1.82) is 0 Å². The van der Waals surface area contributed by atoms with E-state index in [9.17, 15) is 9.59 Å². The number of methoxy groups -OCH3 is 2. The zero-order valence-electron chi connectivity index (χ0n) is 16.7. The summed E-state index contributed by atoms with van der Waals surface area (Å²) in [6, 6.07) is 11.1. The van der Waals surface area contributed by atoms with Gasteiger partial charge in [0.15, 0.2) is 5.76 Å². The molecule has 0 aliphatic rings. The molecule has 3 aromatic rings. The second-order valence-corrected chi connectivity index (χ2v) is 7.14. The lowest BCUT2D eigenvalue weighted by Crippen LogP contribution is -2.03. The van der Waals surface area contributed by atoms with Crippen LogP contribution < -0.4 is 9.47 Å². The number of carbonyl (C=O) groups is 2. The number of ether oxygens (including phenoxy) is 3. The van der Waals surface area contributed by atoms with Crippen molar-refractivity contribution < 1.29 is 28.2 Å². The third-order valence-electron chi connectivity index (χ3n) is 4.44. The summed E-state index contributed by atoms with van der Waals surface area (Å²) in [4.78, 5) is 24.0. The second-order valence-electron chi connectivity index (χ2n) is 6.33. The first-order valence-corrected chi connectivity index (χ1v) is 10.2. The van der Waals surface area contributed by atoms with Gasteiger partial charge >= 0.3 is 11.9 Å². The number of furan rings is 1. The van der Waals surface area contributed by atoms with Gasteiger partial charge in [-0.25, -0.2) is 0 Å². The van der Waals surface area contributed by atoms with Crippen LogP contribution in [0.15, 0.2) is 45.7 Å². The van der Waals surface area contributed by atoms with Crippen LogP contribution in [0.4, 0.5) is 0 Å². The van der Waals surface area contributed by atoms with Gasteiger partial charge in [0.25, 0.3) is 0 Å². The summed E-state index contributed by atoms with van der Waals surface area (Å²) in [5, 5.41) is 0.944. The number of carbonyl (C=O) groups excluding carboxylic acids is 2. The molecule has 0 saturated heterocycles. The van der Waals surface area contributed by atoms with E-state index in [1.165, 1.54) is 14.0 Å². The first-order chi connectivity index (χ1) is 14.0. The van der Waals surface area contributed by atoms with Crippen LogP contribution in [0.2, 0.25) is 0 Å². The fraction of sp³-hybridized carbons (Fsp3) is 0.273. The van der Waals surface area contributed by atoms with E-state index in [-0.39, 0.29) is 5.97 Å². The molecule has 6 nitrogen and oxygen atoms in total.